The van der Waals surface area contributed by atoms with Crippen molar-refractivity contribution in [2.24, 2.45) is 0 Å². The van der Waals surface area contributed by atoms with Crippen molar-refractivity contribution < 1.29 is 0 Å². The van der Waals surface area contributed by atoms with Crippen LogP contribution in [0.2, 0.25) is 0 Å². The molecule has 4 aromatic carbocycles. The molecule has 3 nitrogen and oxygen atoms in total. The Hall–Kier alpha value is -4.63. The smallest absolute Gasteiger partial charge is 0.116 e. The highest BCUT2D eigenvalue weighted by atomic mass is 14.8. The van der Waals surface area contributed by atoms with E-state index in [2.05, 4.69) is 128 Å². The largest absolute Gasteiger partial charge is 0.256 e. The van der Waals surface area contributed by atoms with Crippen LogP contribution in [0.25, 0.3) is 55.5 Å². The minimum atomic E-state index is 0.0638. The summed E-state index contributed by atoms with van der Waals surface area (Å²) in [5.41, 5.74) is 11.2. The van der Waals surface area contributed by atoms with Gasteiger partial charge in [0.25, 0.3) is 0 Å². The molecule has 0 atom stereocenters. The predicted octanol–water partition coefficient (Wildman–Crippen LogP) is 8.99. The van der Waals surface area contributed by atoms with Crippen LogP contribution >= 0.6 is 0 Å². The zero-order chi connectivity index (χ0) is 26.1. The summed E-state index contributed by atoms with van der Waals surface area (Å²) in [4.78, 5) is 13.9. The van der Waals surface area contributed by atoms with Gasteiger partial charge in [0.1, 0.15) is 6.33 Å². The van der Waals surface area contributed by atoms with Crippen molar-refractivity contribution in [1.29, 1.82) is 0 Å². The standard InChI is InChI=1S/C35H29N3/c1-35(2,3)27-18-19-37-33(21-27)26-13-9-12-25(20-26)29-16-17-31(32-22-36-23-38-34(29)32)30-15-8-7-14-28(30)24-10-5-4-6-11-24/h4-23H,1-3H3. The number of aromatic nitrogens is 3. The van der Waals surface area contributed by atoms with Gasteiger partial charge in [0, 0.05) is 28.9 Å². The molecule has 0 amide bonds. The van der Waals surface area contributed by atoms with Crippen LogP contribution in [0, 0.1) is 0 Å². The van der Waals surface area contributed by atoms with Crippen LogP contribution in [-0.2, 0) is 5.41 Å². The Kier molecular flexibility index (Phi) is 6.05. The van der Waals surface area contributed by atoms with Crippen LogP contribution < -0.4 is 0 Å². The second-order valence-electron chi connectivity index (χ2n) is 10.6. The van der Waals surface area contributed by atoms with Gasteiger partial charge >= 0.3 is 0 Å². The number of fused-ring (bicyclic) bond motifs is 1. The normalized spacial score (nSPS) is 11.6. The van der Waals surface area contributed by atoms with E-state index in [1.165, 1.54) is 22.3 Å². The van der Waals surface area contributed by atoms with E-state index < -0.39 is 0 Å². The second kappa shape index (κ2) is 9.68. The van der Waals surface area contributed by atoms with Gasteiger partial charge in [0.05, 0.1) is 11.2 Å². The molecule has 0 fully saturated rings. The zero-order valence-electron chi connectivity index (χ0n) is 21.9. The van der Waals surface area contributed by atoms with E-state index in [0.717, 1.165) is 38.9 Å². The molecule has 6 rings (SSSR count). The zero-order valence-corrected chi connectivity index (χ0v) is 21.9. The van der Waals surface area contributed by atoms with Crippen molar-refractivity contribution in [3.8, 4) is 44.6 Å². The van der Waals surface area contributed by atoms with E-state index in [0.29, 0.717) is 0 Å². The number of benzene rings is 4. The fourth-order valence-corrected chi connectivity index (χ4v) is 5.03. The molecule has 0 N–H and O–H groups in total. The van der Waals surface area contributed by atoms with Crippen molar-refractivity contribution in [1.82, 2.24) is 15.0 Å². The van der Waals surface area contributed by atoms with Gasteiger partial charge in [-0.25, -0.2) is 9.97 Å². The maximum absolute atomic E-state index is 4.77. The van der Waals surface area contributed by atoms with Crippen LogP contribution in [0.5, 0.6) is 0 Å². The van der Waals surface area contributed by atoms with Gasteiger partial charge in [-0.3, -0.25) is 4.98 Å². The third-order valence-corrected chi connectivity index (χ3v) is 7.07. The highest BCUT2D eigenvalue weighted by molar-refractivity contribution is 6.04. The first-order chi connectivity index (χ1) is 18.5. The third kappa shape index (κ3) is 4.48. The summed E-state index contributed by atoms with van der Waals surface area (Å²) in [6.07, 6.45) is 5.47. The summed E-state index contributed by atoms with van der Waals surface area (Å²) >= 11 is 0. The Morgan fingerprint density at radius 1 is 0.553 bits per heavy atom. The number of pyridine rings is 1. The maximum Gasteiger partial charge on any atom is 0.116 e. The van der Waals surface area contributed by atoms with E-state index in [4.69, 9.17) is 4.98 Å². The molecule has 3 heteroatoms. The summed E-state index contributed by atoms with van der Waals surface area (Å²) in [5, 5.41) is 1.03. The molecule has 0 aliphatic carbocycles. The van der Waals surface area contributed by atoms with E-state index in [-0.39, 0.29) is 5.41 Å². The minimum Gasteiger partial charge on any atom is -0.256 e. The van der Waals surface area contributed by atoms with E-state index in [1.807, 2.05) is 18.5 Å². The molecule has 184 valence electrons. The highest BCUT2D eigenvalue weighted by Gasteiger charge is 2.16. The average Bonchev–Trinajstić information content (AvgIpc) is 2.97. The van der Waals surface area contributed by atoms with Crippen LogP contribution in [-0.4, -0.2) is 15.0 Å². The summed E-state index contributed by atoms with van der Waals surface area (Å²) in [7, 11) is 0. The molecule has 38 heavy (non-hydrogen) atoms. The van der Waals surface area contributed by atoms with Crippen molar-refractivity contribution in [3.63, 3.8) is 0 Å². The van der Waals surface area contributed by atoms with Gasteiger partial charge in [0.15, 0.2) is 0 Å². The quantitative estimate of drug-likeness (QED) is 0.247. The van der Waals surface area contributed by atoms with Crippen LogP contribution in [0.15, 0.2) is 122 Å². The Morgan fingerprint density at radius 3 is 2.08 bits per heavy atom. The van der Waals surface area contributed by atoms with Gasteiger partial charge in [-0.2, -0.15) is 0 Å². The van der Waals surface area contributed by atoms with Crippen molar-refractivity contribution in [2.75, 3.05) is 0 Å². The van der Waals surface area contributed by atoms with Crippen molar-refractivity contribution in [3.05, 3.63) is 127 Å². The lowest BCUT2D eigenvalue weighted by atomic mass is 9.86. The van der Waals surface area contributed by atoms with E-state index in [1.54, 1.807) is 6.33 Å². The van der Waals surface area contributed by atoms with Crippen molar-refractivity contribution >= 4 is 10.9 Å². The van der Waals surface area contributed by atoms with Crippen LogP contribution in [0.4, 0.5) is 0 Å². The monoisotopic (exact) mass is 491 g/mol. The SMILES string of the molecule is CC(C)(C)c1ccnc(-c2cccc(-c3ccc(-c4ccccc4-c4ccccc4)c4cncnc34)c2)c1. The molecule has 0 radical (unpaired) electrons. The minimum absolute atomic E-state index is 0.0638. The number of rotatable bonds is 4. The number of hydrogen-bond donors (Lipinski definition) is 0. The van der Waals surface area contributed by atoms with Crippen LogP contribution in [0.1, 0.15) is 26.3 Å². The number of nitrogens with zero attached hydrogens (tertiary/aromatic N) is 3. The summed E-state index contributed by atoms with van der Waals surface area (Å²) < 4.78 is 0. The van der Waals surface area contributed by atoms with E-state index >= 15 is 0 Å². The Morgan fingerprint density at radius 2 is 1.26 bits per heavy atom. The summed E-state index contributed by atoms with van der Waals surface area (Å²) in [6.45, 7) is 6.68. The molecular formula is C35H29N3. The number of hydrogen-bond acceptors (Lipinski definition) is 3. The molecule has 0 bridgehead atoms. The third-order valence-electron chi connectivity index (χ3n) is 7.07. The van der Waals surface area contributed by atoms with Gasteiger partial charge in [-0.1, -0.05) is 106 Å². The maximum atomic E-state index is 4.77. The lowest BCUT2D eigenvalue weighted by Crippen LogP contribution is -2.11. The lowest BCUT2D eigenvalue weighted by molar-refractivity contribution is 0.589. The molecule has 0 aliphatic heterocycles. The molecule has 0 spiro atoms. The fraction of sp³-hybridized carbons (Fsp3) is 0.114. The van der Waals surface area contributed by atoms with Crippen molar-refractivity contribution in [2.45, 2.75) is 26.2 Å². The van der Waals surface area contributed by atoms with Gasteiger partial charge < -0.3 is 0 Å². The second-order valence-corrected chi connectivity index (χ2v) is 10.6. The summed E-state index contributed by atoms with van der Waals surface area (Å²) in [5.74, 6) is 0. The van der Waals surface area contributed by atoms with E-state index in [9.17, 15) is 0 Å². The molecule has 2 heterocycles. The fourth-order valence-electron chi connectivity index (χ4n) is 5.03. The molecule has 6 aromatic rings. The molecule has 2 aromatic heterocycles. The average molecular weight is 492 g/mol. The Bertz CT molecular complexity index is 1750. The molecular weight excluding hydrogens is 462 g/mol. The first-order valence-corrected chi connectivity index (χ1v) is 12.9. The predicted molar refractivity (Wildman–Crippen MR) is 158 cm³/mol. The first kappa shape index (κ1) is 23.7. The molecule has 0 aliphatic rings. The Labute approximate surface area is 223 Å². The van der Waals surface area contributed by atoms with Gasteiger partial charge in [-0.05, 0) is 57.0 Å². The molecule has 0 unspecified atom stereocenters. The lowest BCUT2D eigenvalue weighted by Gasteiger charge is -2.19. The molecule has 0 saturated heterocycles. The topological polar surface area (TPSA) is 38.7 Å². The first-order valence-electron chi connectivity index (χ1n) is 12.9. The van der Waals surface area contributed by atoms with Gasteiger partial charge in [-0.15, -0.1) is 0 Å². The van der Waals surface area contributed by atoms with Gasteiger partial charge in [0.2, 0.25) is 0 Å². The summed E-state index contributed by atoms with van der Waals surface area (Å²) in [6, 6.07) is 36.3. The van der Waals surface area contributed by atoms with Crippen LogP contribution in [0.3, 0.4) is 0 Å². The highest BCUT2D eigenvalue weighted by Crippen LogP contribution is 2.39. The molecule has 0 saturated carbocycles. The Balaban J connectivity index is 1.49.